The van der Waals surface area contributed by atoms with Crippen LogP contribution in [0.15, 0.2) is 48.5 Å². The van der Waals surface area contributed by atoms with Gasteiger partial charge in [-0.3, -0.25) is 9.59 Å². The zero-order chi connectivity index (χ0) is 15.9. The zero-order valence-electron chi connectivity index (χ0n) is 13.0. The maximum absolute atomic E-state index is 12.4. The molecule has 0 saturated heterocycles. The van der Waals surface area contributed by atoms with E-state index in [0.717, 1.165) is 18.4 Å². The number of hydrogen-bond acceptors (Lipinski definition) is 3. The van der Waals surface area contributed by atoms with Gasteiger partial charge in [-0.15, -0.1) is 0 Å². The molecule has 114 valence electrons. The van der Waals surface area contributed by atoms with Gasteiger partial charge < -0.3 is 4.74 Å². The molecule has 22 heavy (non-hydrogen) atoms. The molecule has 3 heteroatoms. The summed E-state index contributed by atoms with van der Waals surface area (Å²) in [5.74, 6) is 0.255. The van der Waals surface area contributed by atoms with Crippen LogP contribution in [0.25, 0.3) is 0 Å². The Kier molecular flexibility index (Phi) is 5.48. The smallest absolute Gasteiger partial charge is 0.311 e. The van der Waals surface area contributed by atoms with Crippen molar-refractivity contribution >= 4 is 11.8 Å². The number of benzene rings is 2. The predicted molar refractivity (Wildman–Crippen MR) is 86.2 cm³/mol. The Morgan fingerprint density at radius 3 is 2.36 bits per heavy atom. The Bertz CT molecular complexity index is 660. The molecule has 3 nitrogen and oxygen atoms in total. The predicted octanol–water partition coefficient (Wildman–Crippen LogP) is 4.32. The summed E-state index contributed by atoms with van der Waals surface area (Å²) in [5.41, 5.74) is 2.03. The third-order valence-electron chi connectivity index (χ3n) is 3.43. The second-order valence-corrected chi connectivity index (χ2v) is 5.25. The van der Waals surface area contributed by atoms with Crippen LogP contribution in [0.2, 0.25) is 0 Å². The van der Waals surface area contributed by atoms with Gasteiger partial charge in [0.25, 0.3) is 0 Å². The van der Waals surface area contributed by atoms with Gasteiger partial charge in [0.05, 0.1) is 0 Å². The van der Waals surface area contributed by atoms with E-state index in [1.165, 1.54) is 0 Å². The van der Waals surface area contributed by atoms with Crippen molar-refractivity contribution in [2.75, 3.05) is 0 Å². The minimum atomic E-state index is -0.230. The lowest BCUT2D eigenvalue weighted by Gasteiger charge is -2.09. The summed E-state index contributed by atoms with van der Waals surface area (Å²) < 4.78 is 5.34. The van der Waals surface area contributed by atoms with Gasteiger partial charge in [0, 0.05) is 17.5 Å². The third kappa shape index (κ3) is 4.04. The molecular weight excluding hydrogens is 276 g/mol. The standard InChI is InChI=1S/C19H20O3/c1-3-4-10-18(20)22-17-12-11-16(13-14(17)2)19(21)15-8-6-5-7-9-15/h5-9,11-13H,3-4,10H2,1-2H3. The molecule has 0 bridgehead atoms. The van der Waals surface area contributed by atoms with Crippen molar-refractivity contribution in [3.8, 4) is 5.75 Å². The van der Waals surface area contributed by atoms with Gasteiger partial charge in [-0.2, -0.15) is 0 Å². The van der Waals surface area contributed by atoms with Crippen LogP contribution in [-0.2, 0) is 4.79 Å². The summed E-state index contributed by atoms with van der Waals surface area (Å²) in [6.07, 6.45) is 2.20. The quantitative estimate of drug-likeness (QED) is 0.453. The van der Waals surface area contributed by atoms with Crippen LogP contribution in [0.5, 0.6) is 5.75 Å². The summed E-state index contributed by atoms with van der Waals surface area (Å²) >= 11 is 0. The molecule has 0 fully saturated rings. The SMILES string of the molecule is CCCCC(=O)Oc1ccc(C(=O)c2ccccc2)cc1C. The average molecular weight is 296 g/mol. The molecule has 2 rings (SSSR count). The second-order valence-electron chi connectivity index (χ2n) is 5.25. The van der Waals surface area contributed by atoms with Crippen molar-refractivity contribution in [1.82, 2.24) is 0 Å². The minimum Gasteiger partial charge on any atom is -0.426 e. The van der Waals surface area contributed by atoms with E-state index in [-0.39, 0.29) is 11.8 Å². The van der Waals surface area contributed by atoms with Crippen LogP contribution >= 0.6 is 0 Å². The molecule has 2 aromatic rings. The van der Waals surface area contributed by atoms with Crippen molar-refractivity contribution in [2.45, 2.75) is 33.1 Å². The number of ketones is 1. The Morgan fingerprint density at radius 1 is 1.00 bits per heavy atom. The van der Waals surface area contributed by atoms with Gasteiger partial charge in [-0.1, -0.05) is 43.7 Å². The zero-order valence-corrected chi connectivity index (χ0v) is 13.0. The van der Waals surface area contributed by atoms with Crippen LogP contribution in [0.4, 0.5) is 0 Å². The Hall–Kier alpha value is -2.42. The monoisotopic (exact) mass is 296 g/mol. The summed E-state index contributed by atoms with van der Waals surface area (Å²) in [6, 6.07) is 14.3. The molecular formula is C19H20O3. The number of carbonyl (C=O) groups is 2. The molecule has 2 aromatic carbocycles. The van der Waals surface area contributed by atoms with E-state index in [0.29, 0.717) is 23.3 Å². The maximum Gasteiger partial charge on any atom is 0.311 e. The minimum absolute atomic E-state index is 0.0347. The normalized spacial score (nSPS) is 10.3. The fourth-order valence-electron chi connectivity index (χ4n) is 2.16. The summed E-state index contributed by atoms with van der Waals surface area (Å²) in [5, 5.41) is 0. The number of esters is 1. The van der Waals surface area contributed by atoms with Crippen molar-refractivity contribution in [2.24, 2.45) is 0 Å². The van der Waals surface area contributed by atoms with Crippen LogP contribution in [0.1, 0.15) is 47.7 Å². The average Bonchev–Trinajstić information content (AvgIpc) is 2.55. The van der Waals surface area contributed by atoms with Crippen molar-refractivity contribution < 1.29 is 14.3 Å². The van der Waals surface area contributed by atoms with Crippen molar-refractivity contribution in [1.29, 1.82) is 0 Å². The molecule has 0 spiro atoms. The first kappa shape index (κ1) is 16.0. The fourth-order valence-corrected chi connectivity index (χ4v) is 2.16. The summed E-state index contributed by atoms with van der Waals surface area (Å²) in [7, 11) is 0. The van der Waals surface area contributed by atoms with Crippen LogP contribution in [0.3, 0.4) is 0 Å². The van der Waals surface area contributed by atoms with E-state index >= 15 is 0 Å². The van der Waals surface area contributed by atoms with Crippen molar-refractivity contribution in [3.63, 3.8) is 0 Å². The number of unbranched alkanes of at least 4 members (excludes halogenated alkanes) is 1. The highest BCUT2D eigenvalue weighted by atomic mass is 16.5. The Balaban J connectivity index is 2.13. The van der Waals surface area contributed by atoms with Gasteiger partial charge in [-0.25, -0.2) is 0 Å². The van der Waals surface area contributed by atoms with Gasteiger partial charge in [0.1, 0.15) is 5.75 Å². The first-order valence-corrected chi connectivity index (χ1v) is 7.53. The van der Waals surface area contributed by atoms with Crippen LogP contribution < -0.4 is 4.74 Å². The van der Waals surface area contributed by atoms with E-state index in [1.807, 2.05) is 32.0 Å². The van der Waals surface area contributed by atoms with Crippen LogP contribution in [0, 0.1) is 6.92 Å². The highest BCUT2D eigenvalue weighted by molar-refractivity contribution is 6.09. The molecule has 0 saturated carbocycles. The Labute approximate surface area is 130 Å². The molecule has 0 N–H and O–H groups in total. The van der Waals surface area contributed by atoms with Gasteiger partial charge >= 0.3 is 5.97 Å². The van der Waals surface area contributed by atoms with E-state index in [2.05, 4.69) is 0 Å². The number of aryl methyl sites for hydroxylation is 1. The third-order valence-corrected chi connectivity index (χ3v) is 3.43. The van der Waals surface area contributed by atoms with E-state index in [4.69, 9.17) is 4.74 Å². The largest absolute Gasteiger partial charge is 0.426 e. The first-order chi connectivity index (χ1) is 10.6. The van der Waals surface area contributed by atoms with Crippen LogP contribution in [-0.4, -0.2) is 11.8 Å². The fraction of sp³-hybridized carbons (Fsp3) is 0.263. The molecule has 0 radical (unpaired) electrons. The maximum atomic E-state index is 12.4. The number of rotatable bonds is 6. The first-order valence-electron chi connectivity index (χ1n) is 7.53. The number of hydrogen-bond donors (Lipinski definition) is 0. The lowest BCUT2D eigenvalue weighted by atomic mass is 10.0. The lowest BCUT2D eigenvalue weighted by molar-refractivity contribution is -0.134. The molecule has 0 aliphatic carbocycles. The molecule has 0 aromatic heterocycles. The molecule has 0 unspecified atom stereocenters. The van der Waals surface area contributed by atoms with Gasteiger partial charge in [0.15, 0.2) is 5.78 Å². The van der Waals surface area contributed by atoms with E-state index in [9.17, 15) is 9.59 Å². The summed E-state index contributed by atoms with van der Waals surface area (Å²) in [4.78, 5) is 24.0. The lowest BCUT2D eigenvalue weighted by Crippen LogP contribution is -2.09. The molecule has 0 aliphatic heterocycles. The summed E-state index contributed by atoms with van der Waals surface area (Å²) in [6.45, 7) is 3.87. The van der Waals surface area contributed by atoms with Gasteiger partial charge in [0.2, 0.25) is 0 Å². The Morgan fingerprint density at radius 2 is 1.73 bits per heavy atom. The molecule has 0 heterocycles. The molecule has 0 atom stereocenters. The highest BCUT2D eigenvalue weighted by Crippen LogP contribution is 2.21. The highest BCUT2D eigenvalue weighted by Gasteiger charge is 2.12. The van der Waals surface area contributed by atoms with E-state index in [1.54, 1.807) is 30.3 Å². The van der Waals surface area contributed by atoms with Crippen molar-refractivity contribution in [3.05, 3.63) is 65.2 Å². The molecule has 0 amide bonds. The van der Waals surface area contributed by atoms with Gasteiger partial charge in [-0.05, 0) is 37.1 Å². The molecule has 0 aliphatic rings. The number of carbonyl (C=O) groups excluding carboxylic acids is 2. The topological polar surface area (TPSA) is 43.4 Å². The number of ether oxygens (including phenoxy) is 1. The van der Waals surface area contributed by atoms with E-state index < -0.39 is 0 Å². The second kappa shape index (κ2) is 7.55.